The molecule has 3 N–H and O–H groups in total. The van der Waals surface area contributed by atoms with Gasteiger partial charge in [0.15, 0.2) is 0 Å². The van der Waals surface area contributed by atoms with Crippen molar-refractivity contribution in [1.82, 2.24) is 9.99 Å². The summed E-state index contributed by atoms with van der Waals surface area (Å²) in [6, 6.07) is 8.08. The Hall–Kier alpha value is -3.27. The van der Waals surface area contributed by atoms with Gasteiger partial charge in [0.05, 0.1) is 16.9 Å². The number of alkyl halides is 3. The molecule has 3 aromatic rings. The predicted molar refractivity (Wildman–Crippen MR) is 94.6 cm³/mol. The van der Waals surface area contributed by atoms with E-state index >= 15 is 0 Å². The molecular formula is C17H13F3N4O2S. The van der Waals surface area contributed by atoms with E-state index in [0.717, 1.165) is 29.5 Å². The van der Waals surface area contributed by atoms with Gasteiger partial charge in [0.1, 0.15) is 4.88 Å². The summed E-state index contributed by atoms with van der Waals surface area (Å²) in [5.74, 6) is -0.676. The number of nitrogens with zero attached hydrogens (tertiary/aromatic N) is 2. The van der Waals surface area contributed by atoms with Crippen LogP contribution in [0, 0.1) is 0 Å². The first-order chi connectivity index (χ1) is 12.8. The highest BCUT2D eigenvalue weighted by atomic mass is 32.1. The minimum absolute atomic E-state index is 0.204. The molecule has 27 heavy (non-hydrogen) atoms. The number of hydrazine groups is 1. The van der Waals surface area contributed by atoms with Crippen molar-refractivity contribution in [3.63, 3.8) is 0 Å². The molecule has 0 fully saturated rings. The Bertz CT molecular complexity index is 967. The molecule has 0 saturated carbocycles. The number of primary amides is 1. The molecule has 10 heteroatoms. The monoisotopic (exact) mass is 394 g/mol. The van der Waals surface area contributed by atoms with Crippen LogP contribution in [-0.2, 0) is 6.18 Å². The lowest BCUT2D eigenvalue weighted by Gasteiger charge is -2.22. The van der Waals surface area contributed by atoms with E-state index in [1.54, 1.807) is 40.5 Å². The van der Waals surface area contributed by atoms with Crippen molar-refractivity contribution in [2.45, 2.75) is 6.18 Å². The van der Waals surface area contributed by atoms with Gasteiger partial charge in [0.2, 0.25) is 0 Å². The number of rotatable bonds is 3. The van der Waals surface area contributed by atoms with Crippen molar-refractivity contribution in [2.75, 3.05) is 5.01 Å². The number of carbonyl (C=O) groups excluding carboxylic acids is 2. The normalized spacial score (nSPS) is 11.2. The lowest BCUT2D eigenvalue weighted by Crippen LogP contribution is -2.49. The second kappa shape index (κ2) is 7.16. The molecule has 0 atom stereocenters. The van der Waals surface area contributed by atoms with Crippen LogP contribution in [0.15, 0.2) is 60.2 Å². The van der Waals surface area contributed by atoms with Crippen molar-refractivity contribution < 1.29 is 22.8 Å². The van der Waals surface area contributed by atoms with Crippen LogP contribution in [0.5, 0.6) is 0 Å². The fraction of sp³-hybridized carbons (Fsp3) is 0.0588. The molecule has 0 aliphatic carbocycles. The van der Waals surface area contributed by atoms with E-state index in [2.05, 4.69) is 5.43 Å². The lowest BCUT2D eigenvalue weighted by molar-refractivity contribution is -0.137. The number of thiophene rings is 1. The average molecular weight is 394 g/mol. The minimum Gasteiger partial charge on any atom is -0.350 e. The van der Waals surface area contributed by atoms with Crippen molar-refractivity contribution in [3.8, 4) is 5.69 Å². The van der Waals surface area contributed by atoms with Crippen LogP contribution >= 0.6 is 11.3 Å². The molecule has 140 valence electrons. The number of amides is 3. The number of aromatic nitrogens is 1. The number of nitrogens with two attached hydrogens (primary N) is 1. The van der Waals surface area contributed by atoms with E-state index in [9.17, 15) is 22.8 Å². The van der Waals surface area contributed by atoms with Crippen LogP contribution in [0.4, 0.5) is 23.7 Å². The Labute approximate surface area is 155 Å². The minimum atomic E-state index is -4.60. The van der Waals surface area contributed by atoms with Gasteiger partial charge in [-0.2, -0.15) is 13.2 Å². The van der Waals surface area contributed by atoms with Gasteiger partial charge in [-0.3, -0.25) is 10.2 Å². The first-order valence-electron chi connectivity index (χ1n) is 7.56. The largest absolute Gasteiger partial charge is 0.416 e. The van der Waals surface area contributed by atoms with Crippen LogP contribution in [0.2, 0.25) is 0 Å². The SMILES string of the molecule is NC(=O)N(NC(=O)c1sccc1-n1cccc1)c1cccc(C(F)(F)F)c1. The third kappa shape index (κ3) is 3.95. The van der Waals surface area contributed by atoms with E-state index in [4.69, 9.17) is 5.73 Å². The van der Waals surface area contributed by atoms with E-state index in [1.807, 2.05) is 0 Å². The van der Waals surface area contributed by atoms with Crippen LogP contribution in [0.3, 0.4) is 0 Å². The third-order valence-corrected chi connectivity index (χ3v) is 4.50. The summed E-state index contributed by atoms with van der Waals surface area (Å²) in [5, 5.41) is 2.26. The molecule has 0 unspecified atom stereocenters. The number of carbonyl (C=O) groups is 2. The Balaban J connectivity index is 1.89. The van der Waals surface area contributed by atoms with Gasteiger partial charge in [-0.1, -0.05) is 6.07 Å². The number of anilines is 1. The summed E-state index contributed by atoms with van der Waals surface area (Å²) in [5.41, 5.74) is 6.91. The molecule has 1 aromatic carbocycles. The Morgan fingerprint density at radius 1 is 1.11 bits per heavy atom. The van der Waals surface area contributed by atoms with E-state index < -0.39 is 23.7 Å². The van der Waals surface area contributed by atoms with Crippen LogP contribution in [-0.4, -0.2) is 16.5 Å². The number of urea groups is 1. The Kier molecular flexibility index (Phi) is 4.91. The highest BCUT2D eigenvalue weighted by Gasteiger charge is 2.31. The molecule has 2 heterocycles. The first-order valence-corrected chi connectivity index (χ1v) is 8.44. The van der Waals surface area contributed by atoms with Crippen LogP contribution < -0.4 is 16.2 Å². The quantitative estimate of drug-likeness (QED) is 0.663. The van der Waals surface area contributed by atoms with Gasteiger partial charge in [-0.25, -0.2) is 9.80 Å². The number of hydrogen-bond acceptors (Lipinski definition) is 3. The molecule has 0 aliphatic rings. The summed E-state index contributed by atoms with van der Waals surface area (Å²) in [6.45, 7) is 0. The maximum atomic E-state index is 12.9. The van der Waals surface area contributed by atoms with E-state index in [0.29, 0.717) is 10.7 Å². The maximum Gasteiger partial charge on any atom is 0.416 e. The van der Waals surface area contributed by atoms with Gasteiger partial charge in [-0.05, 0) is 41.8 Å². The zero-order valence-corrected chi connectivity index (χ0v) is 14.4. The summed E-state index contributed by atoms with van der Waals surface area (Å²) in [7, 11) is 0. The molecule has 0 spiro atoms. The number of nitrogens with one attached hydrogen (secondary N) is 1. The Morgan fingerprint density at radius 3 is 2.44 bits per heavy atom. The fourth-order valence-corrected chi connectivity index (χ4v) is 3.17. The zero-order valence-electron chi connectivity index (χ0n) is 13.6. The maximum absolute atomic E-state index is 12.9. The molecule has 0 bridgehead atoms. The second-order valence-corrected chi connectivity index (χ2v) is 6.30. The molecule has 0 aliphatic heterocycles. The number of benzene rings is 1. The molecule has 0 radical (unpaired) electrons. The van der Waals surface area contributed by atoms with Gasteiger partial charge >= 0.3 is 12.2 Å². The molecule has 6 nitrogen and oxygen atoms in total. The zero-order chi connectivity index (χ0) is 19.6. The Morgan fingerprint density at radius 2 is 1.81 bits per heavy atom. The number of hydrogen-bond donors (Lipinski definition) is 2. The number of halogens is 3. The second-order valence-electron chi connectivity index (χ2n) is 5.39. The molecule has 3 rings (SSSR count). The van der Waals surface area contributed by atoms with Crippen molar-refractivity contribution >= 4 is 29.0 Å². The third-order valence-electron chi connectivity index (χ3n) is 3.60. The molecule has 3 amide bonds. The van der Waals surface area contributed by atoms with Gasteiger partial charge < -0.3 is 10.3 Å². The summed E-state index contributed by atoms with van der Waals surface area (Å²) < 4.78 is 40.4. The van der Waals surface area contributed by atoms with E-state index in [1.165, 1.54) is 6.07 Å². The predicted octanol–water partition coefficient (Wildman–Crippen LogP) is 3.79. The highest BCUT2D eigenvalue weighted by Crippen LogP contribution is 2.31. The van der Waals surface area contributed by atoms with Crippen molar-refractivity contribution in [1.29, 1.82) is 0 Å². The van der Waals surface area contributed by atoms with E-state index in [-0.39, 0.29) is 10.6 Å². The van der Waals surface area contributed by atoms with Gasteiger partial charge in [0, 0.05) is 12.4 Å². The molecule has 0 saturated heterocycles. The smallest absolute Gasteiger partial charge is 0.350 e. The highest BCUT2D eigenvalue weighted by molar-refractivity contribution is 7.12. The van der Waals surface area contributed by atoms with Crippen LogP contribution in [0.1, 0.15) is 15.2 Å². The molecule has 2 aromatic heterocycles. The standard InChI is InChI=1S/C17H13F3N4O2S/c18-17(19,20)11-4-3-5-12(10-11)24(16(21)26)22-15(25)14-13(6-9-27-14)23-7-1-2-8-23/h1-10H,(H2,21,26)(H,22,25). The first kappa shape index (κ1) is 18.5. The molecular weight excluding hydrogens is 381 g/mol. The topological polar surface area (TPSA) is 80.4 Å². The summed E-state index contributed by atoms with van der Waals surface area (Å²) in [6.07, 6.45) is -1.13. The summed E-state index contributed by atoms with van der Waals surface area (Å²) >= 11 is 1.12. The van der Waals surface area contributed by atoms with Gasteiger partial charge in [-0.15, -0.1) is 11.3 Å². The van der Waals surface area contributed by atoms with Crippen molar-refractivity contribution in [3.05, 3.63) is 70.7 Å². The lowest BCUT2D eigenvalue weighted by atomic mass is 10.2. The summed E-state index contributed by atoms with van der Waals surface area (Å²) in [4.78, 5) is 24.6. The van der Waals surface area contributed by atoms with Gasteiger partial charge in [0.25, 0.3) is 5.91 Å². The average Bonchev–Trinajstić information content (AvgIpc) is 3.29. The van der Waals surface area contributed by atoms with Crippen LogP contribution in [0.25, 0.3) is 5.69 Å². The van der Waals surface area contributed by atoms with Crippen molar-refractivity contribution in [2.24, 2.45) is 5.73 Å². The fourth-order valence-electron chi connectivity index (χ4n) is 2.39.